The van der Waals surface area contributed by atoms with Gasteiger partial charge in [0.25, 0.3) is 0 Å². The fourth-order valence-corrected chi connectivity index (χ4v) is 0.502. The Hall–Kier alpha value is -1.54. The average molecular weight is 185 g/mol. The summed E-state index contributed by atoms with van der Waals surface area (Å²) in [5.74, 6) is 0.215. The SMILES string of the molecule is C#CCC(=O)NCC(C)(O)C(=O)O. The van der Waals surface area contributed by atoms with Gasteiger partial charge in [-0.15, -0.1) is 6.42 Å². The van der Waals surface area contributed by atoms with E-state index >= 15 is 0 Å². The van der Waals surface area contributed by atoms with Crippen LogP contribution >= 0.6 is 0 Å². The maximum absolute atomic E-state index is 10.8. The van der Waals surface area contributed by atoms with Crippen molar-refractivity contribution in [2.75, 3.05) is 6.54 Å². The maximum Gasteiger partial charge on any atom is 0.337 e. The first-order valence-corrected chi connectivity index (χ1v) is 3.56. The van der Waals surface area contributed by atoms with Gasteiger partial charge in [0.05, 0.1) is 13.0 Å². The van der Waals surface area contributed by atoms with Crippen LogP contribution in [-0.2, 0) is 9.59 Å². The first-order chi connectivity index (χ1) is 5.90. The van der Waals surface area contributed by atoms with Gasteiger partial charge in [-0.05, 0) is 6.92 Å². The van der Waals surface area contributed by atoms with E-state index < -0.39 is 17.5 Å². The van der Waals surface area contributed by atoms with E-state index in [1.54, 1.807) is 0 Å². The fourth-order valence-electron chi connectivity index (χ4n) is 0.502. The van der Waals surface area contributed by atoms with Gasteiger partial charge in [0, 0.05) is 0 Å². The van der Waals surface area contributed by atoms with Gasteiger partial charge < -0.3 is 15.5 Å². The third kappa shape index (κ3) is 4.13. The molecule has 1 unspecified atom stereocenters. The van der Waals surface area contributed by atoms with Crippen LogP contribution in [0.15, 0.2) is 0 Å². The Morgan fingerprint density at radius 1 is 1.62 bits per heavy atom. The molecule has 0 aromatic carbocycles. The molecule has 0 aliphatic rings. The highest BCUT2D eigenvalue weighted by Crippen LogP contribution is 2.00. The molecule has 0 aromatic rings. The molecule has 0 heterocycles. The quantitative estimate of drug-likeness (QED) is 0.488. The lowest BCUT2D eigenvalue weighted by atomic mass is 10.1. The predicted molar refractivity (Wildman–Crippen MR) is 44.7 cm³/mol. The van der Waals surface area contributed by atoms with Crippen molar-refractivity contribution in [1.82, 2.24) is 5.32 Å². The predicted octanol–water partition coefficient (Wildman–Crippen LogP) is -1.04. The zero-order chi connectivity index (χ0) is 10.5. The summed E-state index contributed by atoms with van der Waals surface area (Å²) in [6.45, 7) is 0.730. The molecule has 0 aromatic heterocycles. The largest absolute Gasteiger partial charge is 0.479 e. The van der Waals surface area contributed by atoms with Crippen molar-refractivity contribution in [1.29, 1.82) is 0 Å². The van der Waals surface area contributed by atoms with E-state index in [9.17, 15) is 9.59 Å². The van der Waals surface area contributed by atoms with Crippen molar-refractivity contribution >= 4 is 11.9 Å². The monoisotopic (exact) mass is 185 g/mol. The molecule has 5 nitrogen and oxygen atoms in total. The Morgan fingerprint density at radius 3 is 2.54 bits per heavy atom. The van der Waals surface area contributed by atoms with Gasteiger partial charge in [0.1, 0.15) is 0 Å². The van der Waals surface area contributed by atoms with Crippen molar-refractivity contribution in [2.45, 2.75) is 18.9 Å². The van der Waals surface area contributed by atoms with Crippen LogP contribution in [0.5, 0.6) is 0 Å². The van der Waals surface area contributed by atoms with E-state index in [-0.39, 0.29) is 13.0 Å². The Bertz CT molecular complexity index is 251. The molecule has 0 rings (SSSR count). The Labute approximate surface area is 75.8 Å². The van der Waals surface area contributed by atoms with Crippen LogP contribution in [0.3, 0.4) is 0 Å². The number of terminal acetylenes is 1. The number of hydrogen-bond acceptors (Lipinski definition) is 3. The van der Waals surface area contributed by atoms with E-state index in [4.69, 9.17) is 16.6 Å². The van der Waals surface area contributed by atoms with Gasteiger partial charge in [-0.25, -0.2) is 4.79 Å². The minimum atomic E-state index is -1.95. The van der Waals surface area contributed by atoms with Crippen molar-refractivity contribution in [3.8, 4) is 12.3 Å². The van der Waals surface area contributed by atoms with Gasteiger partial charge >= 0.3 is 5.97 Å². The number of carboxylic acid groups (broad SMARTS) is 1. The Morgan fingerprint density at radius 2 is 2.15 bits per heavy atom. The van der Waals surface area contributed by atoms with Crippen LogP contribution in [0.1, 0.15) is 13.3 Å². The lowest BCUT2D eigenvalue weighted by molar-refractivity contribution is -0.156. The van der Waals surface area contributed by atoms with Gasteiger partial charge in [-0.3, -0.25) is 4.79 Å². The molecule has 0 radical (unpaired) electrons. The number of aliphatic hydroxyl groups is 1. The summed E-state index contributed by atoms with van der Waals surface area (Å²) in [6.07, 6.45) is 4.71. The second-order valence-electron chi connectivity index (χ2n) is 2.74. The van der Waals surface area contributed by atoms with Crippen molar-refractivity contribution < 1.29 is 19.8 Å². The summed E-state index contributed by atoms with van der Waals surface area (Å²) in [5, 5.41) is 19.8. The van der Waals surface area contributed by atoms with Crippen LogP contribution < -0.4 is 5.32 Å². The second kappa shape index (κ2) is 4.48. The van der Waals surface area contributed by atoms with E-state index in [0.29, 0.717) is 0 Å². The standard InChI is InChI=1S/C8H11NO4/c1-3-4-6(10)9-5-8(2,13)7(11)12/h1,13H,4-5H2,2H3,(H,9,10)(H,11,12). The molecule has 0 spiro atoms. The number of carboxylic acids is 1. The number of carbonyl (C=O) groups is 2. The number of hydrogen-bond donors (Lipinski definition) is 3. The summed E-state index contributed by atoms with van der Waals surface area (Å²) >= 11 is 0. The maximum atomic E-state index is 10.8. The molecule has 0 fully saturated rings. The molecule has 72 valence electrons. The number of carbonyl (C=O) groups excluding carboxylic acids is 1. The molecular formula is C8H11NO4. The van der Waals surface area contributed by atoms with Crippen LogP contribution in [0.4, 0.5) is 0 Å². The highest BCUT2D eigenvalue weighted by atomic mass is 16.4. The Kier molecular flexibility index (Phi) is 3.95. The zero-order valence-electron chi connectivity index (χ0n) is 7.20. The lowest BCUT2D eigenvalue weighted by Crippen LogP contribution is -2.46. The van der Waals surface area contributed by atoms with Crippen molar-refractivity contribution in [3.63, 3.8) is 0 Å². The van der Waals surface area contributed by atoms with E-state index in [1.165, 1.54) is 0 Å². The number of aliphatic carboxylic acids is 1. The Balaban J connectivity index is 3.96. The van der Waals surface area contributed by atoms with Gasteiger partial charge in [0.2, 0.25) is 5.91 Å². The normalized spacial score (nSPS) is 13.9. The van der Waals surface area contributed by atoms with E-state index in [2.05, 4.69) is 11.2 Å². The lowest BCUT2D eigenvalue weighted by Gasteiger charge is -2.17. The second-order valence-corrected chi connectivity index (χ2v) is 2.74. The zero-order valence-corrected chi connectivity index (χ0v) is 7.20. The van der Waals surface area contributed by atoms with Gasteiger partial charge in [-0.2, -0.15) is 0 Å². The molecular weight excluding hydrogens is 174 g/mol. The molecule has 0 saturated carbocycles. The number of nitrogens with one attached hydrogen (secondary N) is 1. The molecule has 1 amide bonds. The van der Waals surface area contributed by atoms with Crippen molar-refractivity contribution in [3.05, 3.63) is 0 Å². The summed E-state index contributed by atoms with van der Waals surface area (Å²) in [5.41, 5.74) is -1.95. The molecule has 0 aliphatic heterocycles. The van der Waals surface area contributed by atoms with Crippen LogP contribution in [0, 0.1) is 12.3 Å². The summed E-state index contributed by atoms with van der Waals surface area (Å²) < 4.78 is 0. The van der Waals surface area contributed by atoms with Crippen LogP contribution in [0.2, 0.25) is 0 Å². The molecule has 5 heteroatoms. The molecule has 3 N–H and O–H groups in total. The smallest absolute Gasteiger partial charge is 0.337 e. The van der Waals surface area contributed by atoms with Crippen molar-refractivity contribution in [2.24, 2.45) is 0 Å². The first-order valence-electron chi connectivity index (χ1n) is 3.56. The topological polar surface area (TPSA) is 86.6 Å². The summed E-state index contributed by atoms with van der Waals surface area (Å²) in [7, 11) is 0. The molecule has 13 heavy (non-hydrogen) atoms. The van der Waals surface area contributed by atoms with Crippen LogP contribution in [-0.4, -0.2) is 34.2 Å². The highest BCUT2D eigenvalue weighted by Gasteiger charge is 2.29. The highest BCUT2D eigenvalue weighted by molar-refractivity contribution is 5.81. The molecule has 0 saturated heterocycles. The molecule has 1 atom stereocenters. The fraction of sp³-hybridized carbons (Fsp3) is 0.500. The summed E-state index contributed by atoms with van der Waals surface area (Å²) in [4.78, 5) is 21.1. The molecule has 0 bridgehead atoms. The average Bonchev–Trinajstić information content (AvgIpc) is 2.01. The van der Waals surface area contributed by atoms with E-state index in [0.717, 1.165) is 6.92 Å². The number of rotatable bonds is 4. The number of amides is 1. The third-order valence-corrected chi connectivity index (χ3v) is 1.35. The minimum Gasteiger partial charge on any atom is -0.479 e. The van der Waals surface area contributed by atoms with Gasteiger partial charge in [-0.1, -0.05) is 5.92 Å². The molecule has 0 aliphatic carbocycles. The van der Waals surface area contributed by atoms with E-state index in [1.807, 2.05) is 0 Å². The summed E-state index contributed by atoms with van der Waals surface area (Å²) in [6, 6.07) is 0. The first kappa shape index (κ1) is 11.5. The minimum absolute atomic E-state index is 0.129. The van der Waals surface area contributed by atoms with Gasteiger partial charge in [0.15, 0.2) is 5.60 Å². The van der Waals surface area contributed by atoms with Crippen LogP contribution in [0.25, 0.3) is 0 Å². The third-order valence-electron chi connectivity index (χ3n) is 1.35.